The van der Waals surface area contributed by atoms with Crippen molar-refractivity contribution in [1.29, 1.82) is 0 Å². The quantitative estimate of drug-likeness (QED) is 0.103. The predicted octanol–water partition coefficient (Wildman–Crippen LogP) is 3.00. The van der Waals surface area contributed by atoms with Gasteiger partial charge in [0.2, 0.25) is 53.2 Å². The van der Waals surface area contributed by atoms with Crippen molar-refractivity contribution in [1.82, 2.24) is 50.7 Å². The highest BCUT2D eigenvalue weighted by atomic mass is 16.6. The van der Waals surface area contributed by atoms with E-state index in [0.29, 0.717) is 6.29 Å². The monoisotopic (exact) mass is 1220 g/mol. The second-order valence-electron chi connectivity index (χ2n) is 26.6. The van der Waals surface area contributed by atoms with Gasteiger partial charge in [0.1, 0.15) is 60.7 Å². The van der Waals surface area contributed by atoms with Crippen LogP contribution in [0.2, 0.25) is 0 Å². The van der Waals surface area contributed by atoms with Crippen molar-refractivity contribution in [2.45, 2.75) is 229 Å². The van der Waals surface area contributed by atoms with Crippen LogP contribution in [0.4, 0.5) is 0 Å². The Labute approximate surface area is 513 Å². The number of hydrogen-bond acceptors (Lipinski definition) is 14. The highest BCUT2D eigenvalue weighted by Gasteiger charge is 2.45. The topological polar surface area (TPSA) is 302 Å². The molecule has 0 aromatic heterocycles. The Kier molecular flexibility index (Phi) is 32.2. The zero-order chi connectivity index (χ0) is 66.7. The number of hydrogen-bond donors (Lipinski definition) is 5. The molecule has 10 amide bonds. The number of nitrogens with zero attached hydrogens (tertiary/aromatic N) is 6. The number of aldehydes is 1. The van der Waals surface area contributed by atoms with Gasteiger partial charge < -0.3 is 65.3 Å². The first kappa shape index (κ1) is 77.8. The summed E-state index contributed by atoms with van der Waals surface area (Å²) >= 11 is 0. The molecule has 0 spiro atoms. The first-order valence-electron chi connectivity index (χ1n) is 30.8. The molecule has 24 nitrogen and oxygen atoms in total. The van der Waals surface area contributed by atoms with Crippen LogP contribution in [0.3, 0.4) is 0 Å². The SMILES string of the molecule is CC[C@@H]1NC(=O)[C@H]([C@H](O)[C@H](C)CC=O)N(C)C(=O)[C@H](C(C)C)N(C)C(=O)[C@H](CC(C)C)NC(=O)[C@H](CC(C)C)N(C)C(=O)[C@@H](C(C)C)OC(=O)[C@H](C)NC(=O)[C@H](CC(C)C)N(C)C(=O)[C@H](CC(C)C)NC(=O)[C@H](CC(C)C)N(C)C(=O)CN(C)C1=O. The van der Waals surface area contributed by atoms with Crippen molar-refractivity contribution in [3.8, 4) is 0 Å². The zero-order valence-electron chi connectivity index (χ0n) is 56.1. The minimum atomic E-state index is -1.74. The lowest BCUT2D eigenvalue weighted by Crippen LogP contribution is -2.63. The molecule has 1 rings (SSSR count). The molecule has 1 saturated heterocycles. The van der Waals surface area contributed by atoms with Gasteiger partial charge in [0.15, 0.2) is 6.10 Å². The van der Waals surface area contributed by atoms with E-state index in [1.54, 1.807) is 34.6 Å². The fourth-order valence-electron chi connectivity index (χ4n) is 10.6. The van der Waals surface area contributed by atoms with Gasteiger partial charge in [-0.15, -0.1) is 0 Å². The van der Waals surface area contributed by atoms with Crippen molar-refractivity contribution in [2.75, 3.05) is 48.8 Å². The number of carbonyl (C=O) groups excluding carboxylic acids is 12. The largest absolute Gasteiger partial charge is 0.450 e. The molecule has 0 bridgehead atoms. The van der Waals surface area contributed by atoms with E-state index in [2.05, 4.69) is 21.3 Å². The Morgan fingerprint density at radius 2 is 0.860 bits per heavy atom. The van der Waals surface area contributed by atoms with E-state index < -0.39 is 156 Å². The standard InChI is InChI=1S/C62H110N10O14/c1-24-42-57(80)67(18)32-48(74)68(19)45(29-35(6)7)54(77)65-43(27-33(2)3)58(81)69(20)46(30-36(8)9)53(76)63-41(17)62(85)86-52(39(14)15)61(84)70(21)47(31-37(10)11)55(78)66-44(28-34(4)5)59(82)71(22)49(38(12)13)60(83)72(23)50(56(79)64-42)51(75)40(16)25-26-73/h26,33-47,49-52,75H,24-25,27-32H2,1-23H3,(H,63,76)(H,64,79)(H,65,77)(H,66,78)/t40-,41+,42+,43+,44+,45+,46+,47+,49+,50+,51-,52-/m1/s1. The summed E-state index contributed by atoms with van der Waals surface area (Å²) in [6.45, 7) is 29.0. The van der Waals surface area contributed by atoms with E-state index in [-0.39, 0.29) is 74.5 Å². The van der Waals surface area contributed by atoms with E-state index in [1.807, 2.05) is 69.2 Å². The predicted molar refractivity (Wildman–Crippen MR) is 327 cm³/mol. The summed E-state index contributed by atoms with van der Waals surface area (Å²) in [6.07, 6.45) is -2.27. The molecule has 0 saturated carbocycles. The van der Waals surface area contributed by atoms with Crippen molar-refractivity contribution >= 4 is 71.3 Å². The average Bonchev–Trinajstić information content (AvgIpc) is 2.59. The van der Waals surface area contributed by atoms with Gasteiger partial charge in [0, 0.05) is 48.7 Å². The van der Waals surface area contributed by atoms with Crippen LogP contribution in [0, 0.1) is 47.3 Å². The van der Waals surface area contributed by atoms with Crippen LogP contribution < -0.4 is 21.3 Å². The molecule has 1 heterocycles. The van der Waals surface area contributed by atoms with Crippen molar-refractivity contribution < 1.29 is 67.4 Å². The van der Waals surface area contributed by atoms with E-state index >= 15 is 0 Å². The number of nitrogens with one attached hydrogen (secondary N) is 4. The summed E-state index contributed by atoms with van der Waals surface area (Å²) in [4.78, 5) is 179. The van der Waals surface area contributed by atoms with Crippen LogP contribution >= 0.6 is 0 Å². The number of carbonyl (C=O) groups is 12. The number of aliphatic hydroxyl groups excluding tert-OH is 1. The maximum atomic E-state index is 15.0. The van der Waals surface area contributed by atoms with Crippen LogP contribution in [0.1, 0.15) is 163 Å². The van der Waals surface area contributed by atoms with Gasteiger partial charge in [0.05, 0.1) is 12.6 Å². The molecular weight excluding hydrogens is 1110 g/mol. The highest BCUT2D eigenvalue weighted by molar-refractivity contribution is 5.99. The normalized spacial score (nSPS) is 26.5. The van der Waals surface area contributed by atoms with Gasteiger partial charge in [-0.1, -0.05) is 111 Å². The summed E-state index contributed by atoms with van der Waals surface area (Å²) in [5.41, 5.74) is 0. The summed E-state index contributed by atoms with van der Waals surface area (Å²) in [6, 6.07) is -11.8. The summed E-state index contributed by atoms with van der Waals surface area (Å²) in [5, 5.41) is 22.9. The number of esters is 1. The van der Waals surface area contributed by atoms with Gasteiger partial charge in [-0.2, -0.15) is 0 Å². The Morgan fingerprint density at radius 1 is 0.477 bits per heavy atom. The molecule has 0 aliphatic carbocycles. The minimum absolute atomic E-state index is 0.0267. The average molecular weight is 1220 g/mol. The van der Waals surface area contributed by atoms with Gasteiger partial charge in [-0.05, 0) is 92.8 Å². The minimum Gasteiger partial charge on any atom is -0.450 e. The van der Waals surface area contributed by atoms with Crippen molar-refractivity contribution in [3.05, 3.63) is 0 Å². The van der Waals surface area contributed by atoms with Gasteiger partial charge in [0.25, 0.3) is 5.91 Å². The van der Waals surface area contributed by atoms with Crippen molar-refractivity contribution in [3.63, 3.8) is 0 Å². The summed E-state index contributed by atoms with van der Waals surface area (Å²) in [7, 11) is 8.19. The fraction of sp³-hybridized carbons (Fsp3) is 0.806. The summed E-state index contributed by atoms with van der Waals surface area (Å²) < 4.78 is 5.88. The lowest BCUT2D eigenvalue weighted by Gasteiger charge is -2.40. The molecule has 0 radical (unpaired) electrons. The Morgan fingerprint density at radius 3 is 1.26 bits per heavy atom. The third-order valence-electron chi connectivity index (χ3n) is 15.8. The summed E-state index contributed by atoms with van der Waals surface area (Å²) in [5.74, 6) is -11.4. The molecule has 0 unspecified atom stereocenters. The lowest BCUT2D eigenvalue weighted by molar-refractivity contribution is -0.166. The third-order valence-corrected chi connectivity index (χ3v) is 15.8. The van der Waals surface area contributed by atoms with Gasteiger partial charge in [-0.25, -0.2) is 4.79 Å². The molecule has 86 heavy (non-hydrogen) atoms. The Balaban J connectivity index is 4.35. The molecular formula is C62H110N10O14. The molecule has 1 aliphatic rings. The lowest BCUT2D eigenvalue weighted by atomic mass is 9.92. The molecule has 0 aromatic carbocycles. The van der Waals surface area contributed by atoms with E-state index in [9.17, 15) is 62.6 Å². The first-order valence-corrected chi connectivity index (χ1v) is 30.8. The van der Waals surface area contributed by atoms with E-state index in [0.717, 1.165) is 9.80 Å². The number of aliphatic hydroxyl groups is 1. The number of cyclic esters (lactones) is 1. The van der Waals surface area contributed by atoms with Crippen LogP contribution in [-0.4, -0.2) is 221 Å². The van der Waals surface area contributed by atoms with Crippen molar-refractivity contribution in [2.24, 2.45) is 47.3 Å². The Hall–Kier alpha value is -6.20. The van der Waals surface area contributed by atoms with Gasteiger partial charge >= 0.3 is 5.97 Å². The molecule has 0 aromatic rings. The van der Waals surface area contributed by atoms with Crippen LogP contribution in [0.5, 0.6) is 0 Å². The van der Waals surface area contributed by atoms with E-state index in [4.69, 9.17) is 4.74 Å². The maximum Gasteiger partial charge on any atom is 0.329 e. The third kappa shape index (κ3) is 22.5. The second kappa shape index (κ2) is 35.6. The van der Waals surface area contributed by atoms with Crippen LogP contribution in [-0.2, 0) is 62.3 Å². The van der Waals surface area contributed by atoms with E-state index in [1.165, 1.54) is 75.7 Å². The first-order chi connectivity index (χ1) is 39.7. The number of rotatable bonds is 17. The number of amides is 10. The molecule has 12 atom stereocenters. The van der Waals surface area contributed by atoms with Crippen LogP contribution in [0.25, 0.3) is 0 Å². The molecule has 492 valence electrons. The molecule has 5 N–H and O–H groups in total. The molecule has 1 fully saturated rings. The Bertz CT molecular complexity index is 2330. The number of likely N-dealkylation sites (N-methyl/N-ethyl adjacent to an activating group) is 6. The smallest absolute Gasteiger partial charge is 0.329 e. The number of ether oxygens (including phenoxy) is 1. The van der Waals surface area contributed by atoms with Gasteiger partial charge in [-0.3, -0.25) is 47.9 Å². The highest BCUT2D eigenvalue weighted by Crippen LogP contribution is 2.24. The zero-order valence-corrected chi connectivity index (χ0v) is 56.1. The molecule has 1 aliphatic heterocycles. The maximum absolute atomic E-state index is 15.0. The van der Waals surface area contributed by atoms with Crippen LogP contribution in [0.15, 0.2) is 0 Å². The molecule has 24 heteroatoms. The fourth-order valence-corrected chi connectivity index (χ4v) is 10.6. The second-order valence-corrected chi connectivity index (χ2v) is 26.6.